The highest BCUT2D eigenvalue weighted by Gasteiger charge is 2.21. The van der Waals surface area contributed by atoms with E-state index in [1.54, 1.807) is 12.3 Å². The van der Waals surface area contributed by atoms with Gasteiger partial charge in [0.2, 0.25) is 6.79 Å². The minimum absolute atomic E-state index is 0.0549. The number of halogens is 1. The van der Waals surface area contributed by atoms with Gasteiger partial charge < -0.3 is 34.9 Å². The van der Waals surface area contributed by atoms with Crippen molar-refractivity contribution in [1.29, 1.82) is 5.26 Å². The standard InChI is InChI=1S/C35H33BrN8O3S/c1-42-11-13-43(14-12-42)26-6-5-23-15-22(3-4-24(23)17-26)16-25(20-37)34(45)40-8-2-10-44-28-7-9-39-33(38)32(28)41-35(44)48-31-19-30-29(18-27(31)36)46-21-47-30/h3-7,9,15-19H,2,8,10-14,21H2,1H3,(H2,38,39)(H,40,45). The van der Waals surface area contributed by atoms with E-state index >= 15 is 0 Å². The number of piperazine rings is 1. The van der Waals surface area contributed by atoms with Gasteiger partial charge in [0.1, 0.15) is 17.2 Å². The Labute approximate surface area is 290 Å². The lowest BCUT2D eigenvalue weighted by Crippen LogP contribution is -2.44. The number of nitrogens with zero attached hydrogens (tertiary/aromatic N) is 6. The van der Waals surface area contributed by atoms with Crippen molar-refractivity contribution in [2.45, 2.75) is 23.0 Å². The molecule has 13 heteroatoms. The summed E-state index contributed by atoms with van der Waals surface area (Å²) in [7, 11) is 2.15. The summed E-state index contributed by atoms with van der Waals surface area (Å²) >= 11 is 5.10. The van der Waals surface area contributed by atoms with E-state index in [2.05, 4.69) is 71.9 Å². The summed E-state index contributed by atoms with van der Waals surface area (Å²) in [4.78, 5) is 27.7. The van der Waals surface area contributed by atoms with Gasteiger partial charge in [-0.25, -0.2) is 9.97 Å². The Morgan fingerprint density at radius 3 is 2.67 bits per heavy atom. The number of nitrogens with one attached hydrogen (secondary N) is 1. The Kier molecular flexibility index (Phi) is 9.12. The van der Waals surface area contributed by atoms with E-state index in [0.29, 0.717) is 42.3 Å². The lowest BCUT2D eigenvalue weighted by molar-refractivity contribution is -0.117. The summed E-state index contributed by atoms with van der Waals surface area (Å²) in [5.41, 5.74) is 9.70. The topological polar surface area (TPSA) is 135 Å². The highest BCUT2D eigenvalue weighted by molar-refractivity contribution is 9.10. The van der Waals surface area contributed by atoms with Crippen molar-refractivity contribution in [2.75, 3.05) is 57.2 Å². The zero-order valence-corrected chi connectivity index (χ0v) is 28.7. The second-order valence-electron chi connectivity index (χ2n) is 11.7. The largest absolute Gasteiger partial charge is 0.454 e. The molecule has 0 saturated carbocycles. The Bertz CT molecular complexity index is 2100. The van der Waals surface area contributed by atoms with E-state index < -0.39 is 5.91 Å². The van der Waals surface area contributed by atoms with Crippen LogP contribution in [-0.2, 0) is 11.3 Å². The molecule has 4 heterocycles. The molecule has 11 nitrogen and oxygen atoms in total. The van der Waals surface area contributed by atoms with Gasteiger partial charge in [-0.2, -0.15) is 5.26 Å². The molecule has 2 aliphatic rings. The van der Waals surface area contributed by atoms with Crippen LogP contribution in [0.5, 0.6) is 11.5 Å². The summed E-state index contributed by atoms with van der Waals surface area (Å²) in [6, 6.07) is 20.2. The second kappa shape index (κ2) is 13.8. The van der Waals surface area contributed by atoms with Crippen LogP contribution < -0.4 is 25.4 Å². The van der Waals surface area contributed by atoms with Gasteiger partial charge in [-0.05, 0) is 88.2 Å². The molecule has 1 fully saturated rings. The highest BCUT2D eigenvalue weighted by atomic mass is 79.9. The molecule has 3 N–H and O–H groups in total. The molecule has 1 amide bonds. The molecule has 2 aliphatic heterocycles. The SMILES string of the molecule is CN1CCN(c2ccc3cc(C=C(C#N)C(=O)NCCCn4c(Sc5cc6c(cc5Br)OCO6)nc5c(N)nccc54)ccc3c2)CC1. The molecule has 2 aromatic heterocycles. The molecule has 0 unspecified atom stereocenters. The predicted molar refractivity (Wildman–Crippen MR) is 191 cm³/mol. The molecule has 244 valence electrons. The van der Waals surface area contributed by atoms with Crippen LogP contribution in [-0.4, -0.2) is 71.9 Å². The van der Waals surface area contributed by atoms with Crippen molar-refractivity contribution < 1.29 is 14.3 Å². The van der Waals surface area contributed by atoms with Gasteiger partial charge in [-0.15, -0.1) is 0 Å². The highest BCUT2D eigenvalue weighted by Crippen LogP contribution is 2.43. The van der Waals surface area contributed by atoms with Crippen molar-refractivity contribution >= 4 is 73.0 Å². The van der Waals surface area contributed by atoms with E-state index in [-0.39, 0.29) is 12.4 Å². The first kappa shape index (κ1) is 31.8. The van der Waals surface area contributed by atoms with Crippen LogP contribution in [0.1, 0.15) is 12.0 Å². The number of likely N-dealkylation sites (N-methyl/N-ethyl adjacent to an activating group) is 1. The number of fused-ring (bicyclic) bond motifs is 3. The van der Waals surface area contributed by atoms with Crippen LogP contribution in [0, 0.1) is 11.3 Å². The number of aryl methyl sites for hydroxylation is 1. The van der Waals surface area contributed by atoms with Crippen molar-refractivity contribution in [3.8, 4) is 17.6 Å². The normalized spacial score (nSPS) is 14.9. The molecule has 0 aliphatic carbocycles. The molecule has 1 saturated heterocycles. The first-order valence-corrected chi connectivity index (χ1v) is 17.2. The van der Waals surface area contributed by atoms with Gasteiger partial charge in [0.25, 0.3) is 5.91 Å². The fourth-order valence-corrected chi connectivity index (χ4v) is 7.39. The van der Waals surface area contributed by atoms with Gasteiger partial charge in [0, 0.05) is 60.5 Å². The zero-order chi connectivity index (χ0) is 33.2. The van der Waals surface area contributed by atoms with Crippen molar-refractivity contribution in [3.63, 3.8) is 0 Å². The van der Waals surface area contributed by atoms with Crippen LogP contribution in [0.2, 0.25) is 0 Å². The van der Waals surface area contributed by atoms with Gasteiger partial charge >= 0.3 is 0 Å². The molecule has 0 atom stereocenters. The number of hydrogen-bond donors (Lipinski definition) is 2. The molecular formula is C35H33BrN8O3S. The van der Waals surface area contributed by atoms with Gasteiger partial charge in [0.15, 0.2) is 22.5 Å². The quantitative estimate of drug-likeness (QED) is 0.111. The monoisotopic (exact) mass is 724 g/mol. The number of nitriles is 1. The average molecular weight is 726 g/mol. The van der Waals surface area contributed by atoms with Crippen molar-refractivity contribution in [3.05, 3.63) is 76.4 Å². The van der Waals surface area contributed by atoms with Crippen LogP contribution >= 0.6 is 27.7 Å². The molecule has 5 aromatic rings. The Morgan fingerprint density at radius 2 is 1.85 bits per heavy atom. The molecular weight excluding hydrogens is 692 g/mol. The van der Waals surface area contributed by atoms with Crippen LogP contribution in [0.3, 0.4) is 0 Å². The van der Waals surface area contributed by atoms with Gasteiger partial charge in [-0.3, -0.25) is 4.79 Å². The molecule has 0 bridgehead atoms. The van der Waals surface area contributed by atoms with E-state index in [1.165, 1.54) is 17.4 Å². The molecule has 0 spiro atoms. The Balaban J connectivity index is 1.02. The maximum absolute atomic E-state index is 13.1. The first-order valence-electron chi connectivity index (χ1n) is 15.6. The number of benzene rings is 3. The minimum Gasteiger partial charge on any atom is -0.454 e. The van der Waals surface area contributed by atoms with E-state index in [9.17, 15) is 10.1 Å². The third kappa shape index (κ3) is 6.64. The number of nitrogens with two attached hydrogens (primary N) is 1. The molecule has 3 aromatic carbocycles. The van der Waals surface area contributed by atoms with Crippen molar-refractivity contribution in [2.24, 2.45) is 0 Å². The molecule has 7 rings (SSSR count). The Morgan fingerprint density at radius 1 is 1.08 bits per heavy atom. The number of ether oxygens (including phenoxy) is 2. The number of rotatable bonds is 9. The molecule has 48 heavy (non-hydrogen) atoms. The third-order valence-corrected chi connectivity index (χ3v) is 10.5. The zero-order valence-electron chi connectivity index (χ0n) is 26.3. The number of hydrogen-bond acceptors (Lipinski definition) is 10. The summed E-state index contributed by atoms with van der Waals surface area (Å²) in [5, 5.41) is 15.7. The number of carbonyl (C=O) groups is 1. The summed E-state index contributed by atoms with van der Waals surface area (Å²) < 4.78 is 14.0. The maximum Gasteiger partial charge on any atom is 0.261 e. The number of pyridine rings is 1. The first-order chi connectivity index (χ1) is 23.4. The van der Waals surface area contributed by atoms with E-state index in [1.807, 2.05) is 36.4 Å². The van der Waals surface area contributed by atoms with Crippen LogP contribution in [0.15, 0.2) is 80.9 Å². The van der Waals surface area contributed by atoms with Gasteiger partial charge in [0.05, 0.1) is 5.52 Å². The third-order valence-electron chi connectivity index (χ3n) is 8.53. The van der Waals surface area contributed by atoms with Crippen molar-refractivity contribution in [1.82, 2.24) is 24.8 Å². The lowest BCUT2D eigenvalue weighted by atomic mass is 10.0. The smallest absolute Gasteiger partial charge is 0.261 e. The lowest BCUT2D eigenvalue weighted by Gasteiger charge is -2.34. The number of anilines is 2. The minimum atomic E-state index is -0.411. The van der Waals surface area contributed by atoms with Crippen LogP contribution in [0.25, 0.3) is 27.9 Å². The average Bonchev–Trinajstić information content (AvgIpc) is 3.70. The summed E-state index contributed by atoms with van der Waals surface area (Å²) in [6.45, 7) is 5.22. The maximum atomic E-state index is 13.1. The number of nitrogen functional groups attached to an aromatic ring is 1. The van der Waals surface area contributed by atoms with E-state index in [4.69, 9.17) is 20.2 Å². The van der Waals surface area contributed by atoms with Crippen LogP contribution in [0.4, 0.5) is 11.5 Å². The number of carbonyl (C=O) groups excluding carboxylic acids is 1. The predicted octanol–water partition coefficient (Wildman–Crippen LogP) is 5.67. The number of imidazole rings is 1. The summed E-state index contributed by atoms with van der Waals surface area (Å²) in [6.07, 6.45) is 3.89. The van der Waals surface area contributed by atoms with Gasteiger partial charge in [-0.1, -0.05) is 30.0 Å². The second-order valence-corrected chi connectivity index (χ2v) is 13.6. The fraction of sp³-hybridized carbons (Fsp3) is 0.257. The number of amides is 1. The number of aromatic nitrogens is 3. The summed E-state index contributed by atoms with van der Waals surface area (Å²) in [5.74, 6) is 1.29. The fourth-order valence-electron chi connectivity index (χ4n) is 5.87. The van der Waals surface area contributed by atoms with E-state index in [0.717, 1.165) is 62.6 Å². The Hall–Kier alpha value is -4.77. The molecule has 0 radical (unpaired) electrons.